The van der Waals surface area contributed by atoms with Crippen LogP contribution in [0.5, 0.6) is 0 Å². The zero-order valence-electron chi connectivity index (χ0n) is 10.9. The number of carbonyl (C=O) groups excluding carboxylic acids is 1. The van der Waals surface area contributed by atoms with Crippen LogP contribution in [0.4, 0.5) is 0 Å². The van der Waals surface area contributed by atoms with Crippen molar-refractivity contribution in [2.75, 3.05) is 7.05 Å². The van der Waals surface area contributed by atoms with Crippen LogP contribution in [-0.2, 0) is 20.1 Å². The summed E-state index contributed by atoms with van der Waals surface area (Å²) < 4.78 is 3.46. The third kappa shape index (κ3) is 2.27. The summed E-state index contributed by atoms with van der Waals surface area (Å²) in [6.07, 6.45) is 3.37. The fraction of sp³-hybridized carbons (Fsp3) is 0.417. The van der Waals surface area contributed by atoms with Gasteiger partial charge >= 0.3 is 0 Å². The molecule has 0 saturated carbocycles. The van der Waals surface area contributed by atoms with E-state index in [0.29, 0.717) is 18.8 Å². The maximum absolute atomic E-state index is 12.3. The van der Waals surface area contributed by atoms with Crippen LogP contribution in [0.2, 0.25) is 0 Å². The van der Waals surface area contributed by atoms with Crippen LogP contribution >= 0.6 is 0 Å². The molecule has 18 heavy (non-hydrogen) atoms. The van der Waals surface area contributed by atoms with E-state index < -0.39 is 0 Å². The average Bonchev–Trinajstić information content (AvgIpc) is 2.97. The highest BCUT2D eigenvalue weighted by molar-refractivity contribution is 5.92. The molecule has 0 N–H and O–H groups in total. The van der Waals surface area contributed by atoms with Gasteiger partial charge in [-0.3, -0.25) is 14.2 Å². The molecule has 2 heterocycles. The van der Waals surface area contributed by atoms with Crippen molar-refractivity contribution in [1.29, 1.82) is 0 Å². The predicted molar refractivity (Wildman–Crippen MR) is 66.9 cm³/mol. The van der Waals surface area contributed by atoms with Crippen molar-refractivity contribution in [3.8, 4) is 0 Å². The Labute approximate surface area is 106 Å². The second kappa shape index (κ2) is 5.03. The molecular formula is C12H17N5O. The highest BCUT2D eigenvalue weighted by Crippen LogP contribution is 2.07. The SMILES string of the molecule is CCn1nccc1C(=O)N(C)Cc1ccnn1C. The van der Waals surface area contributed by atoms with Crippen molar-refractivity contribution in [1.82, 2.24) is 24.5 Å². The van der Waals surface area contributed by atoms with Crippen LogP contribution in [0, 0.1) is 0 Å². The third-order valence-corrected chi connectivity index (χ3v) is 2.90. The van der Waals surface area contributed by atoms with Crippen LogP contribution in [0.3, 0.4) is 0 Å². The largest absolute Gasteiger partial charge is 0.334 e. The topological polar surface area (TPSA) is 56.0 Å². The number of rotatable bonds is 4. The Morgan fingerprint density at radius 3 is 2.67 bits per heavy atom. The van der Waals surface area contributed by atoms with E-state index in [1.54, 1.807) is 39.8 Å². The van der Waals surface area contributed by atoms with Gasteiger partial charge in [0.2, 0.25) is 0 Å². The van der Waals surface area contributed by atoms with Gasteiger partial charge in [0.1, 0.15) is 5.69 Å². The number of nitrogens with zero attached hydrogens (tertiary/aromatic N) is 5. The molecule has 0 aliphatic carbocycles. The second-order valence-corrected chi connectivity index (χ2v) is 4.14. The lowest BCUT2D eigenvalue weighted by atomic mass is 10.3. The van der Waals surface area contributed by atoms with Crippen molar-refractivity contribution in [2.24, 2.45) is 7.05 Å². The zero-order valence-corrected chi connectivity index (χ0v) is 10.9. The summed E-state index contributed by atoms with van der Waals surface area (Å²) in [5.41, 5.74) is 1.61. The van der Waals surface area contributed by atoms with Crippen molar-refractivity contribution >= 4 is 5.91 Å². The molecule has 0 bridgehead atoms. The highest BCUT2D eigenvalue weighted by Gasteiger charge is 2.16. The van der Waals surface area contributed by atoms with Crippen molar-refractivity contribution < 1.29 is 4.79 Å². The molecule has 96 valence electrons. The van der Waals surface area contributed by atoms with Gasteiger partial charge in [-0.1, -0.05) is 0 Å². The summed E-state index contributed by atoms with van der Waals surface area (Å²) in [6.45, 7) is 3.18. The van der Waals surface area contributed by atoms with Crippen molar-refractivity contribution in [3.63, 3.8) is 0 Å². The minimum Gasteiger partial charge on any atom is -0.334 e. The van der Waals surface area contributed by atoms with E-state index in [4.69, 9.17) is 0 Å². The lowest BCUT2D eigenvalue weighted by molar-refractivity contribution is 0.0769. The van der Waals surface area contributed by atoms with Gasteiger partial charge in [0.05, 0.1) is 12.2 Å². The molecular weight excluding hydrogens is 230 g/mol. The number of carbonyl (C=O) groups is 1. The quantitative estimate of drug-likeness (QED) is 0.807. The summed E-state index contributed by atoms with van der Waals surface area (Å²) in [7, 11) is 3.65. The smallest absolute Gasteiger partial charge is 0.272 e. The first-order valence-corrected chi connectivity index (χ1v) is 5.87. The summed E-state index contributed by atoms with van der Waals surface area (Å²) in [5, 5.41) is 8.19. The van der Waals surface area contributed by atoms with Crippen molar-refractivity contribution in [3.05, 3.63) is 35.9 Å². The van der Waals surface area contributed by atoms with E-state index in [9.17, 15) is 4.79 Å². The molecule has 2 aromatic heterocycles. The van der Waals surface area contributed by atoms with Gasteiger partial charge in [0.25, 0.3) is 5.91 Å². The minimum absolute atomic E-state index is 0.0319. The molecule has 0 atom stereocenters. The van der Waals surface area contributed by atoms with E-state index in [2.05, 4.69) is 10.2 Å². The van der Waals surface area contributed by atoms with Crippen LogP contribution in [-0.4, -0.2) is 37.4 Å². The number of amides is 1. The number of hydrogen-bond donors (Lipinski definition) is 0. The Morgan fingerprint density at radius 1 is 1.33 bits per heavy atom. The van der Waals surface area contributed by atoms with Crippen LogP contribution in [0.25, 0.3) is 0 Å². The highest BCUT2D eigenvalue weighted by atomic mass is 16.2. The molecule has 6 heteroatoms. The van der Waals surface area contributed by atoms with Gasteiger partial charge in [0, 0.05) is 33.0 Å². The number of hydrogen-bond acceptors (Lipinski definition) is 3. The molecule has 2 rings (SSSR count). The first-order valence-electron chi connectivity index (χ1n) is 5.87. The standard InChI is InChI=1S/C12H17N5O/c1-4-17-11(6-8-14-17)12(18)15(2)9-10-5-7-13-16(10)3/h5-8H,4,9H2,1-3H3. The van der Waals surface area contributed by atoms with Gasteiger partial charge in [0.15, 0.2) is 0 Å². The first kappa shape index (κ1) is 12.3. The lowest BCUT2D eigenvalue weighted by Gasteiger charge is -2.17. The lowest BCUT2D eigenvalue weighted by Crippen LogP contribution is -2.29. The van der Waals surface area contributed by atoms with E-state index in [1.807, 2.05) is 20.0 Å². The second-order valence-electron chi connectivity index (χ2n) is 4.14. The molecule has 0 fully saturated rings. The summed E-state index contributed by atoms with van der Waals surface area (Å²) >= 11 is 0. The predicted octanol–water partition coefficient (Wildman–Crippen LogP) is 0.909. The van der Waals surface area contributed by atoms with Crippen LogP contribution < -0.4 is 0 Å². The van der Waals surface area contributed by atoms with E-state index in [-0.39, 0.29) is 5.91 Å². The zero-order chi connectivity index (χ0) is 13.1. The van der Waals surface area contributed by atoms with Gasteiger partial charge in [-0.2, -0.15) is 10.2 Å². The molecule has 1 amide bonds. The normalized spacial score (nSPS) is 10.6. The monoisotopic (exact) mass is 247 g/mol. The van der Waals surface area contributed by atoms with E-state index >= 15 is 0 Å². The first-order chi connectivity index (χ1) is 8.63. The number of aromatic nitrogens is 4. The molecule has 0 unspecified atom stereocenters. The molecule has 6 nitrogen and oxygen atoms in total. The fourth-order valence-corrected chi connectivity index (χ4v) is 1.83. The average molecular weight is 247 g/mol. The third-order valence-electron chi connectivity index (χ3n) is 2.90. The fourth-order valence-electron chi connectivity index (χ4n) is 1.83. The minimum atomic E-state index is -0.0319. The molecule has 0 aromatic carbocycles. The molecule has 0 spiro atoms. The Balaban J connectivity index is 2.12. The molecule has 0 saturated heterocycles. The van der Waals surface area contributed by atoms with E-state index in [1.165, 1.54) is 0 Å². The molecule has 0 aliphatic rings. The number of aryl methyl sites for hydroxylation is 2. The van der Waals surface area contributed by atoms with Crippen LogP contribution in [0.1, 0.15) is 23.1 Å². The Kier molecular flexibility index (Phi) is 3.45. The van der Waals surface area contributed by atoms with Gasteiger partial charge in [-0.15, -0.1) is 0 Å². The molecule has 0 aliphatic heterocycles. The summed E-state index contributed by atoms with van der Waals surface area (Å²) in [5.74, 6) is -0.0319. The molecule has 2 aromatic rings. The maximum atomic E-state index is 12.3. The summed E-state index contributed by atoms with van der Waals surface area (Å²) in [6, 6.07) is 3.65. The van der Waals surface area contributed by atoms with Gasteiger partial charge in [-0.05, 0) is 19.1 Å². The van der Waals surface area contributed by atoms with E-state index in [0.717, 1.165) is 5.69 Å². The Bertz CT molecular complexity index is 542. The van der Waals surface area contributed by atoms with Gasteiger partial charge < -0.3 is 4.90 Å². The molecule has 0 radical (unpaired) electrons. The Hall–Kier alpha value is -2.11. The maximum Gasteiger partial charge on any atom is 0.272 e. The van der Waals surface area contributed by atoms with Crippen molar-refractivity contribution in [2.45, 2.75) is 20.0 Å². The van der Waals surface area contributed by atoms with Crippen LogP contribution in [0.15, 0.2) is 24.5 Å². The Morgan fingerprint density at radius 2 is 2.06 bits per heavy atom. The summed E-state index contributed by atoms with van der Waals surface area (Å²) in [4.78, 5) is 13.9. The van der Waals surface area contributed by atoms with Gasteiger partial charge in [-0.25, -0.2) is 0 Å².